The van der Waals surface area contributed by atoms with Crippen molar-refractivity contribution < 1.29 is 22.8 Å². The quantitative estimate of drug-likeness (QED) is 0.770. The summed E-state index contributed by atoms with van der Waals surface area (Å²) in [5.74, 6) is -2.16. The van der Waals surface area contributed by atoms with Gasteiger partial charge in [-0.2, -0.15) is 13.2 Å². The molecule has 8 heteroatoms. The molecule has 0 spiro atoms. The van der Waals surface area contributed by atoms with Gasteiger partial charge >= 0.3 is 6.18 Å². The second-order valence-electron chi connectivity index (χ2n) is 6.98. The first kappa shape index (κ1) is 19.0. The molecule has 0 unspecified atom stereocenters. The van der Waals surface area contributed by atoms with Gasteiger partial charge in [0.2, 0.25) is 11.8 Å². The molecule has 138 valence electrons. The molecule has 0 bridgehead atoms. The van der Waals surface area contributed by atoms with Crippen molar-refractivity contribution in [2.24, 2.45) is 11.7 Å². The highest BCUT2D eigenvalue weighted by Crippen LogP contribution is 2.37. The highest BCUT2D eigenvalue weighted by molar-refractivity contribution is 5.80. The van der Waals surface area contributed by atoms with Crippen molar-refractivity contribution in [1.82, 2.24) is 10.2 Å². The monoisotopic (exact) mass is 349 g/mol. The Balaban J connectivity index is 1.86. The van der Waals surface area contributed by atoms with Gasteiger partial charge in [-0.3, -0.25) is 14.5 Å². The van der Waals surface area contributed by atoms with Crippen LogP contribution in [-0.4, -0.2) is 48.1 Å². The highest BCUT2D eigenvalue weighted by Gasteiger charge is 2.42. The third-order valence-electron chi connectivity index (χ3n) is 5.05. The Morgan fingerprint density at radius 1 is 1.04 bits per heavy atom. The Labute approximate surface area is 140 Å². The molecule has 5 nitrogen and oxygen atoms in total. The van der Waals surface area contributed by atoms with E-state index in [1.54, 1.807) is 4.90 Å². The number of nitrogens with one attached hydrogen (secondary N) is 1. The Hall–Kier alpha value is -1.31. The first-order valence-electron chi connectivity index (χ1n) is 8.64. The number of hydrogen-bond donors (Lipinski definition) is 2. The van der Waals surface area contributed by atoms with E-state index in [-0.39, 0.29) is 37.9 Å². The Kier molecular flexibility index (Phi) is 6.48. The van der Waals surface area contributed by atoms with Crippen LogP contribution in [0.5, 0.6) is 0 Å². The molecule has 2 fully saturated rings. The van der Waals surface area contributed by atoms with Crippen molar-refractivity contribution in [2.45, 2.75) is 69.6 Å². The van der Waals surface area contributed by atoms with Crippen LogP contribution in [-0.2, 0) is 9.59 Å². The average Bonchev–Trinajstić information content (AvgIpc) is 2.99. The molecule has 0 heterocycles. The fourth-order valence-electron chi connectivity index (χ4n) is 3.86. The zero-order valence-electron chi connectivity index (χ0n) is 13.8. The predicted molar refractivity (Wildman–Crippen MR) is 83.0 cm³/mol. The number of carbonyl (C=O) groups excluding carboxylic acids is 2. The number of rotatable bonds is 6. The third kappa shape index (κ3) is 5.65. The summed E-state index contributed by atoms with van der Waals surface area (Å²) in [5, 5.41) is 2.72. The Morgan fingerprint density at radius 3 is 2.29 bits per heavy atom. The molecule has 24 heavy (non-hydrogen) atoms. The van der Waals surface area contributed by atoms with Gasteiger partial charge in [-0.15, -0.1) is 0 Å². The van der Waals surface area contributed by atoms with Crippen LogP contribution in [0.15, 0.2) is 0 Å². The molecular formula is C16H26F3N3O2. The van der Waals surface area contributed by atoms with Gasteiger partial charge in [0.25, 0.3) is 0 Å². The van der Waals surface area contributed by atoms with Crippen LogP contribution in [0.25, 0.3) is 0 Å². The number of nitrogens with zero attached hydrogens (tertiary/aromatic N) is 1. The topological polar surface area (TPSA) is 75.4 Å². The zero-order chi connectivity index (χ0) is 17.7. The molecule has 0 aromatic carbocycles. The van der Waals surface area contributed by atoms with E-state index in [1.165, 1.54) is 0 Å². The molecular weight excluding hydrogens is 323 g/mol. The van der Waals surface area contributed by atoms with Gasteiger partial charge < -0.3 is 11.1 Å². The lowest BCUT2D eigenvalue weighted by Gasteiger charge is -2.32. The summed E-state index contributed by atoms with van der Waals surface area (Å²) >= 11 is 0. The summed E-state index contributed by atoms with van der Waals surface area (Å²) < 4.78 is 38.5. The van der Waals surface area contributed by atoms with Crippen LogP contribution in [0.2, 0.25) is 0 Å². The molecule has 2 aliphatic carbocycles. The van der Waals surface area contributed by atoms with Gasteiger partial charge in [-0.1, -0.05) is 19.3 Å². The fourth-order valence-corrected chi connectivity index (χ4v) is 3.86. The number of nitrogens with two attached hydrogens (primary N) is 1. The minimum Gasteiger partial charge on any atom is -0.369 e. The largest absolute Gasteiger partial charge is 0.391 e. The van der Waals surface area contributed by atoms with E-state index in [2.05, 4.69) is 5.32 Å². The lowest BCUT2D eigenvalue weighted by atomic mass is 9.85. The van der Waals surface area contributed by atoms with Gasteiger partial charge in [0.05, 0.1) is 19.0 Å². The summed E-state index contributed by atoms with van der Waals surface area (Å²) in [7, 11) is 0. The fraction of sp³-hybridized carbons (Fsp3) is 0.875. The summed E-state index contributed by atoms with van der Waals surface area (Å²) in [4.78, 5) is 25.2. The molecule has 2 rings (SSSR count). The van der Waals surface area contributed by atoms with Crippen LogP contribution in [0.4, 0.5) is 13.2 Å². The molecule has 0 aromatic heterocycles. The molecule has 0 aromatic rings. The van der Waals surface area contributed by atoms with E-state index in [9.17, 15) is 22.8 Å². The van der Waals surface area contributed by atoms with E-state index in [0.29, 0.717) is 12.8 Å². The molecule has 2 saturated carbocycles. The normalized spacial score (nSPS) is 25.8. The van der Waals surface area contributed by atoms with Gasteiger partial charge in [0.15, 0.2) is 0 Å². The summed E-state index contributed by atoms with van der Waals surface area (Å²) in [6, 6.07) is -0.297. The van der Waals surface area contributed by atoms with Crippen LogP contribution >= 0.6 is 0 Å². The van der Waals surface area contributed by atoms with E-state index >= 15 is 0 Å². The standard InChI is InChI=1S/C16H26F3N3O2/c17-16(18,19)11-4-3-5-12(8-11)21-15(24)10-22(9-14(20)23)13-6-1-2-7-13/h11-13H,1-10H2,(H2,20,23)(H,21,24)/t11-,12-/m1/s1. The third-order valence-corrected chi connectivity index (χ3v) is 5.05. The Morgan fingerprint density at radius 2 is 1.71 bits per heavy atom. The lowest BCUT2D eigenvalue weighted by Crippen LogP contribution is -2.49. The van der Waals surface area contributed by atoms with Gasteiger partial charge in [0.1, 0.15) is 0 Å². The van der Waals surface area contributed by atoms with Crippen molar-refractivity contribution >= 4 is 11.8 Å². The molecule has 0 radical (unpaired) electrons. The maximum atomic E-state index is 12.8. The average molecular weight is 349 g/mol. The summed E-state index contributed by atoms with van der Waals surface area (Å²) in [6.07, 6.45) is 0.834. The Bertz CT molecular complexity index is 450. The van der Waals surface area contributed by atoms with Crippen LogP contribution < -0.4 is 11.1 Å². The number of carbonyl (C=O) groups is 2. The summed E-state index contributed by atoms with van der Waals surface area (Å²) in [6.45, 7) is 0.0225. The minimum atomic E-state index is -4.20. The maximum absolute atomic E-state index is 12.8. The smallest absolute Gasteiger partial charge is 0.369 e. The lowest BCUT2D eigenvalue weighted by molar-refractivity contribution is -0.184. The number of amides is 2. The number of halogens is 3. The first-order chi connectivity index (χ1) is 11.3. The molecule has 2 amide bonds. The number of hydrogen-bond acceptors (Lipinski definition) is 3. The van der Waals surface area contributed by atoms with E-state index in [0.717, 1.165) is 25.7 Å². The minimum absolute atomic E-state index is 0.00787. The molecule has 0 saturated heterocycles. The van der Waals surface area contributed by atoms with Crippen molar-refractivity contribution in [3.8, 4) is 0 Å². The zero-order valence-corrected chi connectivity index (χ0v) is 13.8. The van der Waals surface area contributed by atoms with Crippen molar-refractivity contribution in [1.29, 1.82) is 0 Å². The van der Waals surface area contributed by atoms with Crippen LogP contribution in [0.1, 0.15) is 51.4 Å². The number of alkyl halides is 3. The molecule has 2 aliphatic rings. The first-order valence-corrected chi connectivity index (χ1v) is 8.64. The van der Waals surface area contributed by atoms with Gasteiger partial charge in [0, 0.05) is 12.1 Å². The molecule has 0 aliphatic heterocycles. The highest BCUT2D eigenvalue weighted by atomic mass is 19.4. The predicted octanol–water partition coefficient (Wildman–Crippen LogP) is 1.95. The second kappa shape index (κ2) is 8.18. The van der Waals surface area contributed by atoms with E-state index in [1.807, 2.05) is 0 Å². The van der Waals surface area contributed by atoms with E-state index in [4.69, 9.17) is 5.73 Å². The molecule has 2 atom stereocenters. The SMILES string of the molecule is NC(=O)CN(CC(=O)N[C@@H]1CCC[C@@H](C(F)(F)F)C1)C1CCCC1. The van der Waals surface area contributed by atoms with Crippen molar-refractivity contribution in [3.63, 3.8) is 0 Å². The van der Waals surface area contributed by atoms with Crippen molar-refractivity contribution in [3.05, 3.63) is 0 Å². The maximum Gasteiger partial charge on any atom is 0.391 e. The van der Waals surface area contributed by atoms with Crippen molar-refractivity contribution in [2.75, 3.05) is 13.1 Å². The van der Waals surface area contributed by atoms with E-state index < -0.39 is 24.0 Å². The van der Waals surface area contributed by atoms with Gasteiger partial charge in [-0.25, -0.2) is 0 Å². The van der Waals surface area contributed by atoms with Gasteiger partial charge in [-0.05, 0) is 32.1 Å². The number of primary amides is 1. The van der Waals surface area contributed by atoms with Crippen LogP contribution in [0.3, 0.4) is 0 Å². The summed E-state index contributed by atoms with van der Waals surface area (Å²) in [5.41, 5.74) is 5.25. The molecule has 3 N–H and O–H groups in total. The van der Waals surface area contributed by atoms with Crippen LogP contribution in [0, 0.1) is 5.92 Å². The second-order valence-corrected chi connectivity index (χ2v) is 6.98.